The molecule has 0 bridgehead atoms. The van der Waals surface area contributed by atoms with Crippen LogP contribution in [0, 0.1) is 6.92 Å². The predicted octanol–water partition coefficient (Wildman–Crippen LogP) is 2.57. The van der Waals surface area contributed by atoms with E-state index in [4.69, 9.17) is 0 Å². The lowest BCUT2D eigenvalue weighted by atomic mass is 10.1. The highest BCUT2D eigenvalue weighted by atomic mass is 32.2. The fourth-order valence-electron chi connectivity index (χ4n) is 2.01. The Balaban J connectivity index is 3.00. The van der Waals surface area contributed by atoms with Crippen LogP contribution in [0.2, 0.25) is 0 Å². The van der Waals surface area contributed by atoms with Crippen molar-refractivity contribution >= 4 is 10.0 Å². The quantitative estimate of drug-likeness (QED) is 0.775. The lowest BCUT2D eigenvalue weighted by molar-refractivity contribution is 0.530. The Bertz CT molecular complexity index is 523. The highest BCUT2D eigenvalue weighted by Gasteiger charge is 2.18. The van der Waals surface area contributed by atoms with Crippen molar-refractivity contribution in [2.24, 2.45) is 0 Å². The Kier molecular flexibility index (Phi) is 6.65. The van der Waals surface area contributed by atoms with Crippen molar-refractivity contribution in [3.05, 3.63) is 29.3 Å². The highest BCUT2D eigenvalue weighted by molar-refractivity contribution is 7.89. The van der Waals surface area contributed by atoms with Crippen LogP contribution >= 0.6 is 0 Å². The van der Waals surface area contributed by atoms with E-state index in [2.05, 4.69) is 10.0 Å². The van der Waals surface area contributed by atoms with Gasteiger partial charge in [-0.25, -0.2) is 13.1 Å². The summed E-state index contributed by atoms with van der Waals surface area (Å²) in [7, 11) is -3.43. The molecule has 4 nitrogen and oxygen atoms in total. The van der Waals surface area contributed by atoms with Gasteiger partial charge in [0, 0.05) is 12.6 Å². The molecule has 1 aromatic rings. The molecule has 0 spiro atoms. The average Bonchev–Trinajstić information content (AvgIpc) is 2.43. The summed E-state index contributed by atoms with van der Waals surface area (Å²) in [4.78, 5) is 0.350. The van der Waals surface area contributed by atoms with Gasteiger partial charge in [0.25, 0.3) is 0 Å². The molecule has 0 aliphatic carbocycles. The van der Waals surface area contributed by atoms with Gasteiger partial charge in [-0.05, 0) is 49.6 Å². The first-order chi connectivity index (χ1) is 9.44. The molecule has 0 atom stereocenters. The molecule has 0 amide bonds. The SMILES string of the molecule is CCNCc1cc(S(=O)(=O)NC(CC)CC)ccc1C. The second-order valence-electron chi connectivity index (χ2n) is 5.00. The standard InChI is InChI=1S/C15H26N2O2S/c1-5-14(6-2)17-20(18,19)15-9-8-12(4)13(10-15)11-16-7-3/h8-10,14,16-17H,5-7,11H2,1-4H3. The topological polar surface area (TPSA) is 58.2 Å². The normalized spacial score (nSPS) is 12.1. The fourth-order valence-corrected chi connectivity index (χ4v) is 3.46. The number of hydrogen-bond acceptors (Lipinski definition) is 3. The maximum absolute atomic E-state index is 12.4. The first kappa shape index (κ1) is 17.1. The predicted molar refractivity (Wildman–Crippen MR) is 83.3 cm³/mol. The van der Waals surface area contributed by atoms with Crippen molar-refractivity contribution in [2.75, 3.05) is 6.54 Å². The van der Waals surface area contributed by atoms with E-state index in [0.29, 0.717) is 11.4 Å². The van der Waals surface area contributed by atoms with Gasteiger partial charge in [-0.2, -0.15) is 0 Å². The van der Waals surface area contributed by atoms with Crippen LogP contribution in [0.5, 0.6) is 0 Å². The number of aryl methyl sites for hydroxylation is 1. The third-order valence-electron chi connectivity index (χ3n) is 3.50. The molecule has 0 aliphatic heterocycles. The number of rotatable bonds is 8. The average molecular weight is 298 g/mol. The Morgan fingerprint density at radius 3 is 2.35 bits per heavy atom. The van der Waals surface area contributed by atoms with Crippen LogP contribution in [-0.4, -0.2) is 21.0 Å². The smallest absolute Gasteiger partial charge is 0.240 e. The summed E-state index contributed by atoms with van der Waals surface area (Å²) in [6.07, 6.45) is 1.59. The third-order valence-corrected chi connectivity index (χ3v) is 5.02. The Morgan fingerprint density at radius 1 is 1.15 bits per heavy atom. The van der Waals surface area contributed by atoms with Gasteiger partial charge in [0.15, 0.2) is 0 Å². The maximum atomic E-state index is 12.4. The Morgan fingerprint density at radius 2 is 1.80 bits per heavy atom. The second kappa shape index (κ2) is 7.76. The lowest BCUT2D eigenvalue weighted by Crippen LogP contribution is -2.33. The molecule has 114 valence electrons. The molecule has 0 heterocycles. The zero-order valence-corrected chi connectivity index (χ0v) is 13.7. The van der Waals surface area contributed by atoms with E-state index in [9.17, 15) is 8.42 Å². The van der Waals surface area contributed by atoms with Gasteiger partial charge in [0.2, 0.25) is 10.0 Å². The van der Waals surface area contributed by atoms with Crippen molar-refractivity contribution in [3.8, 4) is 0 Å². The van der Waals surface area contributed by atoms with Crippen molar-refractivity contribution < 1.29 is 8.42 Å². The van der Waals surface area contributed by atoms with Crippen LogP contribution in [-0.2, 0) is 16.6 Å². The van der Waals surface area contributed by atoms with Gasteiger partial charge in [-0.3, -0.25) is 0 Å². The lowest BCUT2D eigenvalue weighted by Gasteiger charge is -2.16. The molecule has 0 unspecified atom stereocenters. The molecule has 0 aliphatic rings. The molecule has 0 fully saturated rings. The summed E-state index contributed by atoms with van der Waals surface area (Å²) >= 11 is 0. The summed E-state index contributed by atoms with van der Waals surface area (Å²) in [6, 6.07) is 5.31. The monoisotopic (exact) mass is 298 g/mol. The van der Waals surface area contributed by atoms with E-state index in [-0.39, 0.29) is 6.04 Å². The van der Waals surface area contributed by atoms with Crippen molar-refractivity contribution in [3.63, 3.8) is 0 Å². The van der Waals surface area contributed by atoms with Gasteiger partial charge in [0.05, 0.1) is 4.90 Å². The van der Waals surface area contributed by atoms with Gasteiger partial charge in [0.1, 0.15) is 0 Å². The first-order valence-electron chi connectivity index (χ1n) is 7.27. The number of hydrogen-bond donors (Lipinski definition) is 2. The highest BCUT2D eigenvalue weighted by Crippen LogP contribution is 2.16. The zero-order chi connectivity index (χ0) is 15.2. The van der Waals surface area contributed by atoms with Gasteiger partial charge >= 0.3 is 0 Å². The van der Waals surface area contributed by atoms with E-state index in [1.54, 1.807) is 12.1 Å². The van der Waals surface area contributed by atoms with Gasteiger partial charge in [-0.1, -0.05) is 26.8 Å². The fraction of sp³-hybridized carbons (Fsp3) is 0.600. The molecule has 20 heavy (non-hydrogen) atoms. The molecular weight excluding hydrogens is 272 g/mol. The van der Waals surface area contributed by atoms with Crippen molar-refractivity contribution in [2.45, 2.75) is 58.0 Å². The van der Waals surface area contributed by atoms with Gasteiger partial charge in [-0.15, -0.1) is 0 Å². The minimum absolute atomic E-state index is 0.00137. The summed E-state index contributed by atoms with van der Waals surface area (Å²) < 4.78 is 27.5. The number of benzene rings is 1. The Labute approximate surface area is 123 Å². The van der Waals surface area contributed by atoms with E-state index >= 15 is 0 Å². The number of nitrogens with one attached hydrogen (secondary N) is 2. The summed E-state index contributed by atoms with van der Waals surface area (Å²) in [6.45, 7) is 9.56. The number of sulfonamides is 1. The van der Waals surface area contributed by atoms with Crippen LogP contribution in [0.4, 0.5) is 0 Å². The zero-order valence-electron chi connectivity index (χ0n) is 12.9. The van der Waals surface area contributed by atoms with E-state index in [1.807, 2.05) is 33.8 Å². The van der Waals surface area contributed by atoms with Crippen LogP contribution in [0.1, 0.15) is 44.7 Å². The molecule has 5 heteroatoms. The van der Waals surface area contributed by atoms with Gasteiger partial charge < -0.3 is 5.32 Å². The molecule has 0 saturated carbocycles. The molecular formula is C15H26N2O2S. The first-order valence-corrected chi connectivity index (χ1v) is 8.75. The molecule has 0 aromatic heterocycles. The van der Waals surface area contributed by atoms with Crippen molar-refractivity contribution in [1.29, 1.82) is 0 Å². The molecule has 0 radical (unpaired) electrons. The third kappa shape index (κ3) is 4.58. The van der Waals surface area contributed by atoms with Crippen LogP contribution < -0.4 is 10.0 Å². The molecule has 1 aromatic carbocycles. The van der Waals surface area contributed by atoms with Crippen LogP contribution in [0.3, 0.4) is 0 Å². The van der Waals surface area contributed by atoms with Crippen molar-refractivity contribution in [1.82, 2.24) is 10.0 Å². The summed E-state index contributed by atoms with van der Waals surface area (Å²) in [5.41, 5.74) is 2.13. The minimum Gasteiger partial charge on any atom is -0.313 e. The Hall–Kier alpha value is -0.910. The van der Waals surface area contributed by atoms with E-state index < -0.39 is 10.0 Å². The summed E-state index contributed by atoms with van der Waals surface area (Å²) in [5, 5.41) is 3.23. The van der Waals surface area contributed by atoms with Crippen LogP contribution in [0.25, 0.3) is 0 Å². The molecule has 0 saturated heterocycles. The van der Waals surface area contributed by atoms with E-state index in [1.165, 1.54) is 0 Å². The summed E-state index contributed by atoms with van der Waals surface area (Å²) in [5.74, 6) is 0. The molecule has 1 rings (SSSR count). The molecule has 2 N–H and O–H groups in total. The second-order valence-corrected chi connectivity index (χ2v) is 6.72. The van der Waals surface area contributed by atoms with Crippen LogP contribution in [0.15, 0.2) is 23.1 Å². The minimum atomic E-state index is -3.43. The largest absolute Gasteiger partial charge is 0.313 e. The van der Waals surface area contributed by atoms with E-state index in [0.717, 1.165) is 30.5 Å². The maximum Gasteiger partial charge on any atom is 0.240 e.